The molecular formula is C23H34N4O. The van der Waals surface area contributed by atoms with Crippen molar-refractivity contribution in [1.29, 1.82) is 0 Å². The summed E-state index contributed by atoms with van der Waals surface area (Å²) in [7, 11) is 0. The molecule has 1 aliphatic rings. The molecule has 1 aliphatic heterocycles. The number of benzene rings is 1. The van der Waals surface area contributed by atoms with Crippen molar-refractivity contribution in [3.8, 4) is 5.88 Å². The standard InChI is InChI=1S/C23H34N4O/c1-6-27(7-2)15-11-12-17(3)26-21-19-20(18-13-9-8-10-14-18)23(4,5)28-22(19)25-16-24-21/h8-10,13-14,16-17,20H,6-7,11-12,15H2,1-5H3,(H,24,25,26). The number of hydrogen-bond acceptors (Lipinski definition) is 5. The summed E-state index contributed by atoms with van der Waals surface area (Å²) in [5.74, 6) is 1.71. The second-order valence-electron chi connectivity index (χ2n) is 8.20. The summed E-state index contributed by atoms with van der Waals surface area (Å²) in [5, 5.41) is 3.64. The lowest BCUT2D eigenvalue weighted by molar-refractivity contribution is 0.117. The molecule has 0 spiro atoms. The molecule has 2 unspecified atom stereocenters. The molecule has 28 heavy (non-hydrogen) atoms. The average molecular weight is 383 g/mol. The van der Waals surface area contributed by atoms with Gasteiger partial charge in [0.2, 0.25) is 5.88 Å². The van der Waals surface area contributed by atoms with Crippen molar-refractivity contribution < 1.29 is 4.74 Å². The number of hydrogen-bond donors (Lipinski definition) is 1. The molecular weight excluding hydrogens is 348 g/mol. The minimum absolute atomic E-state index is 0.107. The molecule has 2 atom stereocenters. The first-order chi connectivity index (χ1) is 13.5. The van der Waals surface area contributed by atoms with Gasteiger partial charge in [0.05, 0.1) is 11.5 Å². The molecule has 2 heterocycles. The summed E-state index contributed by atoms with van der Waals surface area (Å²) >= 11 is 0. The van der Waals surface area contributed by atoms with E-state index in [1.807, 2.05) is 6.07 Å². The summed E-state index contributed by atoms with van der Waals surface area (Å²) in [6.07, 6.45) is 3.88. The average Bonchev–Trinajstić information content (AvgIpc) is 2.96. The van der Waals surface area contributed by atoms with Crippen LogP contribution in [0.25, 0.3) is 0 Å². The van der Waals surface area contributed by atoms with Crippen LogP contribution in [0.3, 0.4) is 0 Å². The van der Waals surface area contributed by atoms with E-state index in [0.29, 0.717) is 11.9 Å². The summed E-state index contributed by atoms with van der Waals surface area (Å²) in [6, 6.07) is 10.9. The molecule has 5 nitrogen and oxygen atoms in total. The van der Waals surface area contributed by atoms with Gasteiger partial charge in [0, 0.05) is 6.04 Å². The molecule has 152 valence electrons. The highest BCUT2D eigenvalue weighted by Gasteiger charge is 2.45. The molecule has 0 bridgehead atoms. The topological polar surface area (TPSA) is 50.3 Å². The van der Waals surface area contributed by atoms with Crippen molar-refractivity contribution in [2.75, 3.05) is 25.0 Å². The summed E-state index contributed by atoms with van der Waals surface area (Å²) < 4.78 is 6.23. The fourth-order valence-electron chi connectivity index (χ4n) is 4.17. The second-order valence-corrected chi connectivity index (χ2v) is 8.20. The van der Waals surface area contributed by atoms with E-state index in [2.05, 4.69) is 79.1 Å². The Morgan fingerprint density at radius 3 is 2.54 bits per heavy atom. The molecule has 0 saturated carbocycles. The van der Waals surface area contributed by atoms with Gasteiger partial charge in [-0.1, -0.05) is 44.2 Å². The lowest BCUT2D eigenvalue weighted by Gasteiger charge is -2.27. The quantitative estimate of drug-likeness (QED) is 0.681. The Hall–Kier alpha value is -2.14. The van der Waals surface area contributed by atoms with Crippen molar-refractivity contribution in [3.05, 3.63) is 47.8 Å². The number of anilines is 1. The van der Waals surface area contributed by atoms with E-state index in [9.17, 15) is 0 Å². The van der Waals surface area contributed by atoms with E-state index in [0.717, 1.165) is 37.4 Å². The van der Waals surface area contributed by atoms with Gasteiger partial charge in [-0.15, -0.1) is 0 Å². The van der Waals surface area contributed by atoms with Crippen LogP contribution in [-0.2, 0) is 0 Å². The Bertz CT molecular complexity index is 758. The van der Waals surface area contributed by atoms with E-state index in [4.69, 9.17) is 4.74 Å². The fraction of sp³-hybridized carbons (Fsp3) is 0.565. The van der Waals surface area contributed by atoms with Gasteiger partial charge < -0.3 is 15.0 Å². The number of aromatic nitrogens is 2. The first-order valence-electron chi connectivity index (χ1n) is 10.5. The van der Waals surface area contributed by atoms with E-state index >= 15 is 0 Å². The monoisotopic (exact) mass is 382 g/mol. The Labute approximate surface area is 169 Å². The van der Waals surface area contributed by atoms with E-state index in [1.165, 1.54) is 12.0 Å². The lowest BCUT2D eigenvalue weighted by Crippen LogP contribution is -2.31. The molecule has 0 radical (unpaired) electrons. The van der Waals surface area contributed by atoms with Crippen LogP contribution in [0.2, 0.25) is 0 Å². The van der Waals surface area contributed by atoms with Gasteiger partial charge in [-0.3, -0.25) is 0 Å². The van der Waals surface area contributed by atoms with Crippen LogP contribution >= 0.6 is 0 Å². The predicted molar refractivity (Wildman–Crippen MR) is 115 cm³/mol. The van der Waals surface area contributed by atoms with Crippen LogP contribution in [0, 0.1) is 0 Å². The fourth-order valence-corrected chi connectivity index (χ4v) is 4.17. The van der Waals surface area contributed by atoms with Crippen LogP contribution in [0.1, 0.15) is 64.5 Å². The van der Waals surface area contributed by atoms with Gasteiger partial charge in [0.1, 0.15) is 17.7 Å². The van der Waals surface area contributed by atoms with Crippen molar-refractivity contribution in [3.63, 3.8) is 0 Å². The van der Waals surface area contributed by atoms with Gasteiger partial charge >= 0.3 is 0 Å². The zero-order chi connectivity index (χ0) is 20.1. The highest BCUT2D eigenvalue weighted by molar-refractivity contribution is 5.58. The van der Waals surface area contributed by atoms with E-state index in [1.54, 1.807) is 6.33 Å². The molecule has 0 saturated heterocycles. The molecule has 5 heteroatoms. The Morgan fingerprint density at radius 2 is 1.86 bits per heavy atom. The van der Waals surface area contributed by atoms with Crippen LogP contribution in [-0.4, -0.2) is 46.1 Å². The third-order valence-corrected chi connectivity index (χ3v) is 5.71. The number of rotatable bonds is 9. The second kappa shape index (κ2) is 8.91. The maximum atomic E-state index is 6.23. The molecule has 1 aromatic heterocycles. The zero-order valence-electron chi connectivity index (χ0n) is 17.9. The van der Waals surface area contributed by atoms with Gasteiger partial charge in [-0.05, 0) is 58.8 Å². The minimum Gasteiger partial charge on any atom is -0.470 e. The molecule has 0 aliphatic carbocycles. The largest absolute Gasteiger partial charge is 0.470 e. The van der Waals surface area contributed by atoms with Crippen LogP contribution in [0.4, 0.5) is 5.82 Å². The maximum absolute atomic E-state index is 6.23. The molecule has 2 aromatic rings. The third kappa shape index (κ3) is 4.46. The first kappa shape index (κ1) is 20.6. The molecule has 0 fully saturated rings. The van der Waals surface area contributed by atoms with E-state index in [-0.39, 0.29) is 11.5 Å². The number of nitrogens with zero attached hydrogens (tertiary/aromatic N) is 3. The van der Waals surface area contributed by atoms with Gasteiger partial charge in [0.25, 0.3) is 0 Å². The first-order valence-corrected chi connectivity index (χ1v) is 10.5. The summed E-state index contributed by atoms with van der Waals surface area (Å²) in [5.41, 5.74) is 1.95. The van der Waals surface area contributed by atoms with Crippen LogP contribution in [0.15, 0.2) is 36.7 Å². The van der Waals surface area contributed by atoms with E-state index < -0.39 is 0 Å². The van der Waals surface area contributed by atoms with Crippen molar-refractivity contribution in [2.45, 2.75) is 65.0 Å². The molecule has 0 amide bonds. The normalized spacial score (nSPS) is 18.6. The lowest BCUT2D eigenvalue weighted by atomic mass is 9.81. The zero-order valence-corrected chi connectivity index (χ0v) is 17.9. The number of fused-ring (bicyclic) bond motifs is 1. The van der Waals surface area contributed by atoms with Gasteiger partial charge in [0.15, 0.2) is 0 Å². The molecule has 1 aromatic carbocycles. The van der Waals surface area contributed by atoms with Crippen LogP contribution < -0.4 is 10.1 Å². The smallest absolute Gasteiger partial charge is 0.223 e. The Balaban J connectivity index is 1.77. The Kier molecular flexibility index (Phi) is 6.55. The predicted octanol–water partition coefficient (Wildman–Crippen LogP) is 4.70. The Morgan fingerprint density at radius 1 is 1.14 bits per heavy atom. The molecule has 3 rings (SSSR count). The highest BCUT2D eigenvalue weighted by atomic mass is 16.5. The van der Waals surface area contributed by atoms with Crippen molar-refractivity contribution >= 4 is 5.82 Å². The number of nitrogens with one attached hydrogen (secondary N) is 1. The minimum atomic E-state index is -0.359. The van der Waals surface area contributed by atoms with Crippen LogP contribution in [0.5, 0.6) is 5.88 Å². The summed E-state index contributed by atoms with van der Waals surface area (Å²) in [6.45, 7) is 14.3. The van der Waals surface area contributed by atoms with Gasteiger partial charge in [-0.25, -0.2) is 9.97 Å². The molecule has 1 N–H and O–H groups in total. The highest BCUT2D eigenvalue weighted by Crippen LogP contribution is 2.49. The maximum Gasteiger partial charge on any atom is 0.223 e. The summed E-state index contributed by atoms with van der Waals surface area (Å²) in [4.78, 5) is 11.5. The van der Waals surface area contributed by atoms with Gasteiger partial charge in [-0.2, -0.15) is 0 Å². The third-order valence-electron chi connectivity index (χ3n) is 5.71. The SMILES string of the molecule is CCN(CC)CCCC(C)Nc1ncnc2c1C(c1ccccc1)C(C)(C)O2. The number of ether oxygens (including phenoxy) is 1. The van der Waals surface area contributed by atoms with Crippen molar-refractivity contribution in [2.24, 2.45) is 0 Å². The van der Waals surface area contributed by atoms with Crippen molar-refractivity contribution in [1.82, 2.24) is 14.9 Å².